The molecule has 0 aliphatic carbocycles. The van der Waals surface area contributed by atoms with Crippen LogP contribution in [0.1, 0.15) is 5.56 Å². The van der Waals surface area contributed by atoms with Crippen LogP contribution in [0, 0.1) is 0 Å². The molecule has 0 bridgehead atoms. The molecule has 0 spiro atoms. The largest absolute Gasteiger partial charge is 0.279 e. The summed E-state index contributed by atoms with van der Waals surface area (Å²) in [6.07, 6.45) is 1.79. The number of hydrogen-bond donors (Lipinski definition) is 1. The normalized spacial score (nSPS) is 10.9. The minimum Gasteiger partial charge on any atom is -0.279 e. The van der Waals surface area contributed by atoms with Gasteiger partial charge in [-0.3, -0.25) is 5.43 Å². The highest BCUT2D eigenvalue weighted by atomic mass is 79.9. The molecule has 5 heteroatoms. The van der Waals surface area contributed by atoms with E-state index in [1.165, 1.54) is 0 Å². The first-order valence-electron chi connectivity index (χ1n) is 4.54. The Morgan fingerprint density at radius 3 is 2.56 bits per heavy atom. The number of rotatable bonds is 3. The quantitative estimate of drug-likeness (QED) is 0.622. The van der Waals surface area contributed by atoms with Crippen molar-refractivity contribution in [2.75, 3.05) is 5.43 Å². The summed E-state index contributed by atoms with van der Waals surface area (Å²) >= 11 is 8.53. The van der Waals surface area contributed by atoms with Gasteiger partial charge in [0.15, 0.2) is 0 Å². The summed E-state index contributed by atoms with van der Waals surface area (Å²) < 4.78 is 2.15. The van der Waals surface area contributed by atoms with Crippen LogP contribution in [-0.2, 0) is 0 Å². The zero-order valence-corrected chi connectivity index (χ0v) is 12.1. The van der Waals surface area contributed by atoms with E-state index in [1.807, 2.05) is 36.4 Å². The van der Waals surface area contributed by atoms with Crippen molar-refractivity contribution < 1.29 is 0 Å². The van der Waals surface area contributed by atoms with E-state index >= 15 is 0 Å². The minimum absolute atomic E-state index is 0.976. The highest BCUT2D eigenvalue weighted by Gasteiger charge is 2.01. The number of halogens is 2. The minimum atomic E-state index is 0.976. The molecule has 1 heterocycles. The van der Waals surface area contributed by atoms with Crippen molar-refractivity contribution in [1.82, 2.24) is 0 Å². The molecular weight excluding hydrogens is 352 g/mol. The second kappa shape index (κ2) is 5.61. The van der Waals surface area contributed by atoms with Gasteiger partial charge in [0.1, 0.15) is 0 Å². The van der Waals surface area contributed by atoms with Gasteiger partial charge in [0.05, 0.1) is 19.5 Å². The summed E-state index contributed by atoms with van der Waals surface area (Å²) in [4.78, 5) is 0. The Morgan fingerprint density at radius 2 is 1.94 bits per heavy atom. The van der Waals surface area contributed by atoms with Crippen LogP contribution in [0.2, 0.25) is 0 Å². The van der Waals surface area contributed by atoms with Gasteiger partial charge in [-0.2, -0.15) is 5.10 Å². The van der Waals surface area contributed by atoms with E-state index in [-0.39, 0.29) is 0 Å². The summed E-state index contributed by atoms with van der Waals surface area (Å²) in [6.45, 7) is 0. The van der Waals surface area contributed by atoms with E-state index in [4.69, 9.17) is 0 Å². The summed E-state index contributed by atoms with van der Waals surface area (Å²) in [5, 5.41) is 4.17. The van der Waals surface area contributed by atoms with Crippen molar-refractivity contribution in [1.29, 1.82) is 0 Å². The molecule has 0 amide bonds. The molecule has 0 saturated carbocycles. The SMILES string of the molecule is Brc1cc(C=NNc2ccccc2)c(Br)s1. The lowest BCUT2D eigenvalue weighted by Gasteiger charge is -1.97. The third-order valence-electron chi connectivity index (χ3n) is 1.85. The Labute approximate surface area is 115 Å². The Bertz CT molecular complexity index is 494. The second-order valence-corrected chi connectivity index (χ2v) is 6.76. The fourth-order valence-corrected chi connectivity index (χ4v) is 3.84. The molecule has 0 fully saturated rings. The molecule has 0 radical (unpaired) electrons. The zero-order chi connectivity index (χ0) is 11.4. The van der Waals surface area contributed by atoms with E-state index in [0.29, 0.717) is 0 Å². The predicted molar refractivity (Wildman–Crippen MR) is 77.4 cm³/mol. The Hall–Kier alpha value is -0.650. The average Bonchev–Trinajstić information content (AvgIpc) is 2.59. The number of nitrogens with one attached hydrogen (secondary N) is 1. The van der Waals surface area contributed by atoms with Gasteiger partial charge in [0.2, 0.25) is 0 Å². The van der Waals surface area contributed by atoms with Gasteiger partial charge in [-0.05, 0) is 50.1 Å². The highest BCUT2D eigenvalue weighted by molar-refractivity contribution is 9.12. The summed E-state index contributed by atoms with van der Waals surface area (Å²) in [5.41, 5.74) is 5.00. The maximum Gasteiger partial charge on any atom is 0.0798 e. The van der Waals surface area contributed by atoms with E-state index in [2.05, 4.69) is 42.4 Å². The first-order chi connectivity index (χ1) is 7.75. The van der Waals surface area contributed by atoms with Crippen LogP contribution in [0.25, 0.3) is 0 Å². The summed E-state index contributed by atoms with van der Waals surface area (Å²) in [5.74, 6) is 0. The Morgan fingerprint density at radius 1 is 1.19 bits per heavy atom. The van der Waals surface area contributed by atoms with Crippen molar-refractivity contribution >= 4 is 55.1 Å². The van der Waals surface area contributed by atoms with Gasteiger partial charge in [0, 0.05) is 5.56 Å². The highest BCUT2D eigenvalue weighted by Crippen LogP contribution is 2.30. The van der Waals surface area contributed by atoms with Crippen molar-refractivity contribution in [2.45, 2.75) is 0 Å². The zero-order valence-electron chi connectivity index (χ0n) is 8.15. The molecule has 16 heavy (non-hydrogen) atoms. The van der Waals surface area contributed by atoms with Crippen LogP contribution in [-0.4, -0.2) is 6.21 Å². The Kier molecular flexibility index (Phi) is 4.15. The predicted octanol–water partition coefficient (Wildman–Crippen LogP) is 4.72. The molecule has 1 aromatic heterocycles. The number of thiophene rings is 1. The molecule has 2 aromatic rings. The van der Waals surface area contributed by atoms with Gasteiger partial charge < -0.3 is 0 Å². The number of para-hydroxylation sites is 1. The molecule has 0 saturated heterocycles. The maximum absolute atomic E-state index is 4.17. The van der Waals surface area contributed by atoms with Crippen LogP contribution >= 0.6 is 43.2 Å². The molecule has 0 aliphatic heterocycles. The summed E-state index contributed by atoms with van der Waals surface area (Å²) in [6, 6.07) is 11.9. The van der Waals surface area contributed by atoms with Gasteiger partial charge in [-0.25, -0.2) is 0 Å². The topological polar surface area (TPSA) is 24.4 Å². The lowest BCUT2D eigenvalue weighted by molar-refractivity contribution is 1.35. The molecule has 82 valence electrons. The fraction of sp³-hybridized carbons (Fsp3) is 0. The number of anilines is 1. The van der Waals surface area contributed by atoms with Crippen molar-refractivity contribution in [3.05, 3.63) is 49.5 Å². The van der Waals surface area contributed by atoms with Gasteiger partial charge in [-0.15, -0.1) is 11.3 Å². The molecule has 1 aromatic carbocycles. The van der Waals surface area contributed by atoms with Gasteiger partial charge >= 0.3 is 0 Å². The van der Waals surface area contributed by atoms with E-state index < -0.39 is 0 Å². The van der Waals surface area contributed by atoms with Crippen molar-refractivity contribution in [3.8, 4) is 0 Å². The summed E-state index contributed by atoms with van der Waals surface area (Å²) in [7, 11) is 0. The fourth-order valence-electron chi connectivity index (χ4n) is 1.13. The maximum atomic E-state index is 4.17. The van der Waals surface area contributed by atoms with E-state index in [9.17, 15) is 0 Å². The van der Waals surface area contributed by atoms with Crippen LogP contribution in [0.15, 0.2) is 49.1 Å². The van der Waals surface area contributed by atoms with Crippen LogP contribution in [0.5, 0.6) is 0 Å². The number of nitrogens with zero attached hydrogens (tertiary/aromatic N) is 1. The van der Waals surface area contributed by atoms with Crippen LogP contribution < -0.4 is 5.43 Å². The number of hydrogen-bond acceptors (Lipinski definition) is 3. The van der Waals surface area contributed by atoms with E-state index in [0.717, 1.165) is 18.8 Å². The van der Waals surface area contributed by atoms with Crippen LogP contribution in [0.3, 0.4) is 0 Å². The van der Waals surface area contributed by atoms with Gasteiger partial charge in [-0.1, -0.05) is 18.2 Å². The molecule has 2 nitrogen and oxygen atoms in total. The molecule has 0 aliphatic rings. The molecular formula is C11H8Br2N2S. The molecule has 0 atom stereocenters. The third kappa shape index (κ3) is 3.17. The first-order valence-corrected chi connectivity index (χ1v) is 6.95. The van der Waals surface area contributed by atoms with Gasteiger partial charge in [0.25, 0.3) is 0 Å². The number of hydrazone groups is 1. The second-order valence-electron chi connectivity index (χ2n) is 3.02. The monoisotopic (exact) mass is 358 g/mol. The number of benzene rings is 1. The lowest BCUT2D eigenvalue weighted by Crippen LogP contribution is -1.89. The van der Waals surface area contributed by atoms with Crippen molar-refractivity contribution in [3.63, 3.8) is 0 Å². The molecule has 2 rings (SSSR count). The smallest absolute Gasteiger partial charge is 0.0798 e. The molecule has 0 unspecified atom stereocenters. The standard InChI is InChI=1S/C11H8Br2N2S/c12-10-6-8(11(13)16-10)7-14-15-9-4-2-1-3-5-9/h1-7,15H. The van der Waals surface area contributed by atoms with Crippen molar-refractivity contribution in [2.24, 2.45) is 5.10 Å². The van der Waals surface area contributed by atoms with E-state index in [1.54, 1.807) is 17.6 Å². The van der Waals surface area contributed by atoms with Crippen LogP contribution in [0.4, 0.5) is 5.69 Å². The molecule has 1 N–H and O–H groups in total. The first kappa shape index (κ1) is 11.8. The lowest BCUT2D eigenvalue weighted by atomic mass is 10.3. The Balaban J connectivity index is 2.03. The third-order valence-corrected chi connectivity index (χ3v) is 4.24. The average molecular weight is 360 g/mol.